The SMILES string of the molecule is Nc1ccn(Cc2ccc(-c3cn(CCCCCC(=O)NO)nn3)cc2)c(=O)n1. The van der Waals surface area contributed by atoms with Crippen molar-refractivity contribution >= 4 is 11.7 Å². The van der Waals surface area contributed by atoms with Gasteiger partial charge in [-0.15, -0.1) is 5.10 Å². The standard InChI is InChI=1S/C19H23N7O3/c20-17-9-11-25(19(28)21-17)12-14-5-7-15(8-6-14)16-13-26(24-22-16)10-3-1-2-4-18(27)23-29/h5-9,11,13,29H,1-4,10,12H2,(H,23,27)(H2,20,21,28). The minimum absolute atomic E-state index is 0.209. The van der Waals surface area contributed by atoms with Crippen molar-refractivity contribution in [1.82, 2.24) is 30.0 Å². The number of benzene rings is 1. The van der Waals surface area contributed by atoms with Crippen LogP contribution in [0.1, 0.15) is 31.2 Å². The minimum Gasteiger partial charge on any atom is -0.383 e. The van der Waals surface area contributed by atoms with E-state index in [0.29, 0.717) is 25.9 Å². The number of nitrogens with zero attached hydrogens (tertiary/aromatic N) is 5. The molecule has 0 fully saturated rings. The Morgan fingerprint density at radius 2 is 1.93 bits per heavy atom. The molecule has 29 heavy (non-hydrogen) atoms. The Labute approximate surface area is 167 Å². The molecule has 2 aromatic heterocycles. The van der Waals surface area contributed by atoms with E-state index in [1.165, 1.54) is 4.57 Å². The van der Waals surface area contributed by atoms with Crippen LogP contribution in [0.15, 0.2) is 47.5 Å². The fraction of sp³-hybridized carbons (Fsp3) is 0.316. The van der Waals surface area contributed by atoms with Crippen LogP contribution in [0.4, 0.5) is 5.82 Å². The van der Waals surface area contributed by atoms with Gasteiger partial charge in [0.2, 0.25) is 5.91 Å². The fourth-order valence-electron chi connectivity index (χ4n) is 2.87. The molecule has 1 amide bonds. The normalized spacial score (nSPS) is 10.8. The molecule has 3 aromatic rings. The third kappa shape index (κ3) is 5.72. The van der Waals surface area contributed by atoms with Gasteiger partial charge in [0.1, 0.15) is 11.5 Å². The van der Waals surface area contributed by atoms with E-state index >= 15 is 0 Å². The molecule has 0 spiro atoms. The van der Waals surface area contributed by atoms with Crippen LogP contribution in [0.2, 0.25) is 0 Å². The van der Waals surface area contributed by atoms with E-state index in [2.05, 4.69) is 15.3 Å². The summed E-state index contributed by atoms with van der Waals surface area (Å²) in [4.78, 5) is 26.5. The quantitative estimate of drug-likeness (QED) is 0.280. The van der Waals surface area contributed by atoms with Gasteiger partial charge in [0, 0.05) is 24.7 Å². The fourth-order valence-corrected chi connectivity index (χ4v) is 2.87. The number of rotatable bonds is 9. The predicted octanol–water partition coefficient (Wildman–Crippen LogP) is 1.20. The highest BCUT2D eigenvalue weighted by Crippen LogP contribution is 2.17. The van der Waals surface area contributed by atoms with Crippen molar-refractivity contribution < 1.29 is 10.0 Å². The number of amides is 1. The first-order valence-corrected chi connectivity index (χ1v) is 9.30. The number of nitrogens with one attached hydrogen (secondary N) is 1. The largest absolute Gasteiger partial charge is 0.383 e. The zero-order valence-electron chi connectivity index (χ0n) is 15.9. The maximum Gasteiger partial charge on any atom is 0.349 e. The van der Waals surface area contributed by atoms with Crippen molar-refractivity contribution in [1.29, 1.82) is 0 Å². The lowest BCUT2D eigenvalue weighted by Gasteiger charge is -2.06. The topological polar surface area (TPSA) is 141 Å². The van der Waals surface area contributed by atoms with Gasteiger partial charge in [-0.25, -0.2) is 10.3 Å². The summed E-state index contributed by atoms with van der Waals surface area (Å²) in [5, 5.41) is 16.8. The lowest BCUT2D eigenvalue weighted by Crippen LogP contribution is -2.23. The molecule has 0 atom stereocenters. The zero-order chi connectivity index (χ0) is 20.6. The Kier molecular flexibility index (Phi) is 6.69. The summed E-state index contributed by atoms with van der Waals surface area (Å²) < 4.78 is 3.26. The second-order valence-corrected chi connectivity index (χ2v) is 6.67. The molecule has 152 valence electrons. The molecule has 0 aliphatic carbocycles. The van der Waals surface area contributed by atoms with Crippen LogP contribution in [0.25, 0.3) is 11.3 Å². The summed E-state index contributed by atoms with van der Waals surface area (Å²) in [5.74, 6) is -0.158. The molecule has 0 aliphatic rings. The molecule has 10 nitrogen and oxygen atoms in total. The minimum atomic E-state index is -0.381. The lowest BCUT2D eigenvalue weighted by atomic mass is 10.1. The molecule has 0 unspecified atom stereocenters. The van der Waals surface area contributed by atoms with Gasteiger partial charge in [0.15, 0.2) is 0 Å². The highest BCUT2D eigenvalue weighted by molar-refractivity contribution is 5.74. The number of nitrogens with two attached hydrogens (primary N) is 1. The van der Waals surface area contributed by atoms with Crippen LogP contribution < -0.4 is 16.9 Å². The maximum absolute atomic E-state index is 11.8. The van der Waals surface area contributed by atoms with Crippen LogP contribution in [-0.2, 0) is 17.9 Å². The van der Waals surface area contributed by atoms with Crippen LogP contribution in [-0.4, -0.2) is 35.7 Å². The molecular formula is C19H23N7O3. The van der Waals surface area contributed by atoms with Crippen LogP contribution >= 0.6 is 0 Å². The highest BCUT2D eigenvalue weighted by atomic mass is 16.5. The average molecular weight is 397 g/mol. The Bertz CT molecular complexity index is 1010. The van der Waals surface area contributed by atoms with E-state index in [4.69, 9.17) is 10.9 Å². The summed E-state index contributed by atoms with van der Waals surface area (Å²) >= 11 is 0. The molecule has 3 rings (SSSR count). The first-order chi connectivity index (χ1) is 14.0. The first-order valence-electron chi connectivity index (χ1n) is 9.30. The Hall–Kier alpha value is -3.53. The molecular weight excluding hydrogens is 374 g/mol. The number of aromatic nitrogens is 5. The number of nitrogen functional groups attached to an aromatic ring is 1. The molecule has 10 heteroatoms. The summed E-state index contributed by atoms with van der Waals surface area (Å²) in [7, 11) is 0. The van der Waals surface area contributed by atoms with Gasteiger partial charge in [-0.1, -0.05) is 35.9 Å². The highest BCUT2D eigenvalue weighted by Gasteiger charge is 2.06. The number of carbonyl (C=O) groups excluding carboxylic acids is 1. The Morgan fingerprint density at radius 3 is 2.66 bits per heavy atom. The number of hydrogen-bond donors (Lipinski definition) is 3. The van der Waals surface area contributed by atoms with Crippen LogP contribution in [0.5, 0.6) is 0 Å². The van der Waals surface area contributed by atoms with Gasteiger partial charge >= 0.3 is 5.69 Å². The van der Waals surface area contributed by atoms with Gasteiger partial charge in [-0.2, -0.15) is 4.98 Å². The molecule has 4 N–H and O–H groups in total. The van der Waals surface area contributed by atoms with Gasteiger partial charge in [0.25, 0.3) is 0 Å². The van der Waals surface area contributed by atoms with Crippen molar-refractivity contribution in [2.24, 2.45) is 0 Å². The van der Waals surface area contributed by atoms with E-state index in [1.807, 2.05) is 30.5 Å². The third-order valence-corrected chi connectivity index (χ3v) is 4.45. The van der Waals surface area contributed by atoms with E-state index in [0.717, 1.165) is 29.7 Å². The molecule has 0 saturated heterocycles. The number of anilines is 1. The lowest BCUT2D eigenvalue weighted by molar-refractivity contribution is -0.129. The van der Waals surface area contributed by atoms with E-state index in [1.54, 1.807) is 22.4 Å². The Morgan fingerprint density at radius 1 is 1.14 bits per heavy atom. The van der Waals surface area contributed by atoms with Gasteiger partial charge in [0.05, 0.1) is 12.7 Å². The van der Waals surface area contributed by atoms with Gasteiger partial charge < -0.3 is 5.73 Å². The molecule has 2 heterocycles. The first kappa shape index (κ1) is 20.2. The maximum atomic E-state index is 11.8. The monoisotopic (exact) mass is 397 g/mol. The van der Waals surface area contributed by atoms with Crippen LogP contribution in [0, 0.1) is 0 Å². The molecule has 0 bridgehead atoms. The van der Waals surface area contributed by atoms with Crippen molar-refractivity contribution in [3.63, 3.8) is 0 Å². The number of hydrogen-bond acceptors (Lipinski definition) is 7. The van der Waals surface area contributed by atoms with E-state index in [9.17, 15) is 9.59 Å². The Balaban J connectivity index is 1.54. The van der Waals surface area contributed by atoms with Crippen molar-refractivity contribution in [2.45, 2.75) is 38.8 Å². The second kappa shape index (κ2) is 9.60. The molecule has 1 aromatic carbocycles. The molecule has 0 saturated carbocycles. The van der Waals surface area contributed by atoms with E-state index < -0.39 is 0 Å². The van der Waals surface area contributed by atoms with Crippen LogP contribution in [0.3, 0.4) is 0 Å². The second-order valence-electron chi connectivity index (χ2n) is 6.67. The number of unbranched alkanes of at least 4 members (excludes halogenated alkanes) is 2. The van der Waals surface area contributed by atoms with Gasteiger partial charge in [-0.05, 0) is 24.5 Å². The summed E-state index contributed by atoms with van der Waals surface area (Å²) in [6.45, 7) is 1.12. The number of aryl methyl sites for hydroxylation is 1. The smallest absolute Gasteiger partial charge is 0.349 e. The van der Waals surface area contributed by atoms with Crippen molar-refractivity contribution in [3.8, 4) is 11.3 Å². The molecule has 0 radical (unpaired) electrons. The molecule has 0 aliphatic heterocycles. The van der Waals surface area contributed by atoms with Gasteiger partial charge in [-0.3, -0.25) is 19.3 Å². The summed E-state index contributed by atoms with van der Waals surface area (Å²) in [6.07, 6.45) is 6.25. The van der Waals surface area contributed by atoms with E-state index in [-0.39, 0.29) is 17.4 Å². The van der Waals surface area contributed by atoms with Crippen molar-refractivity contribution in [2.75, 3.05) is 5.73 Å². The number of hydroxylamine groups is 1. The van der Waals surface area contributed by atoms with Crippen molar-refractivity contribution in [3.05, 3.63) is 58.8 Å². The number of carbonyl (C=O) groups is 1. The zero-order valence-corrected chi connectivity index (χ0v) is 15.9. The summed E-state index contributed by atoms with van der Waals surface area (Å²) in [5.41, 5.74) is 9.41. The predicted molar refractivity (Wildman–Crippen MR) is 106 cm³/mol. The average Bonchev–Trinajstić information content (AvgIpc) is 3.19. The third-order valence-electron chi connectivity index (χ3n) is 4.45. The summed E-state index contributed by atoms with van der Waals surface area (Å²) in [6, 6.07) is 9.34.